The fourth-order valence-electron chi connectivity index (χ4n) is 2.49. The van der Waals surface area contributed by atoms with Gasteiger partial charge in [-0.25, -0.2) is 3.93 Å². The Morgan fingerprint density at radius 1 is 1.44 bits per heavy atom. The number of hydrogen-bond donors (Lipinski definition) is 0. The lowest BCUT2D eigenvalue weighted by Gasteiger charge is -2.30. The van der Waals surface area contributed by atoms with Crippen LogP contribution in [-0.4, -0.2) is 24.1 Å². The Kier molecular flexibility index (Phi) is 2.26. The second kappa shape index (κ2) is 3.53. The maximum atomic E-state index is 12.3. The highest BCUT2D eigenvalue weighted by molar-refractivity contribution is 9.10. The van der Waals surface area contributed by atoms with Crippen LogP contribution in [0.3, 0.4) is 0 Å². The first-order chi connectivity index (χ1) is 7.76. The lowest BCUT2D eigenvalue weighted by molar-refractivity contribution is -0.125. The molecule has 0 aromatic carbocycles. The molecular formula is C11H11BrN2O2. The van der Waals surface area contributed by atoms with E-state index in [0.29, 0.717) is 13.2 Å². The number of aromatic nitrogens is 1. The number of hydrogen-bond acceptors (Lipinski definition) is 3. The summed E-state index contributed by atoms with van der Waals surface area (Å²) in [6.45, 7) is 1.26. The summed E-state index contributed by atoms with van der Waals surface area (Å²) in [5, 5.41) is 0. The molecule has 16 heavy (non-hydrogen) atoms. The molecule has 84 valence electrons. The Hall–Kier alpha value is -0.940. The smallest absolute Gasteiger partial charge is 0.249 e. The molecule has 1 saturated heterocycles. The molecule has 0 saturated carbocycles. The Morgan fingerprint density at radius 2 is 2.19 bits per heavy atom. The first-order valence-corrected chi connectivity index (χ1v) is 6.00. The van der Waals surface area contributed by atoms with Crippen LogP contribution in [0.25, 0.3) is 0 Å². The third-order valence-electron chi connectivity index (χ3n) is 3.39. The molecule has 5 heteroatoms. The van der Waals surface area contributed by atoms with E-state index in [0.717, 1.165) is 24.2 Å². The Balaban J connectivity index is 2.16. The summed E-state index contributed by atoms with van der Waals surface area (Å²) >= 11 is 3.32. The molecule has 1 spiro atoms. The van der Waals surface area contributed by atoms with Gasteiger partial charge in [-0.3, -0.25) is 9.78 Å². The third kappa shape index (κ3) is 1.18. The van der Waals surface area contributed by atoms with Crippen LogP contribution in [0.5, 0.6) is 0 Å². The highest BCUT2D eigenvalue weighted by atomic mass is 79.9. The van der Waals surface area contributed by atoms with E-state index in [1.165, 1.54) is 0 Å². The van der Waals surface area contributed by atoms with E-state index in [4.69, 9.17) is 4.74 Å². The van der Waals surface area contributed by atoms with Gasteiger partial charge in [0.2, 0.25) is 5.91 Å². The normalized spacial score (nSPS) is 22.6. The maximum Gasteiger partial charge on any atom is 0.249 e. The number of halogens is 1. The number of carbonyl (C=O) groups is 1. The van der Waals surface area contributed by atoms with Crippen molar-refractivity contribution in [3.05, 3.63) is 24.0 Å². The van der Waals surface area contributed by atoms with Crippen LogP contribution in [0, 0.1) is 0 Å². The SMILES string of the molecule is O=C1N(Br)c2cccnc2C12CCOCC2. The van der Waals surface area contributed by atoms with Crippen molar-refractivity contribution < 1.29 is 9.53 Å². The zero-order valence-corrected chi connectivity index (χ0v) is 10.2. The third-order valence-corrected chi connectivity index (χ3v) is 4.09. The van der Waals surface area contributed by atoms with Crippen LogP contribution in [0.1, 0.15) is 18.5 Å². The van der Waals surface area contributed by atoms with Crippen LogP contribution in [0.4, 0.5) is 5.69 Å². The van der Waals surface area contributed by atoms with Gasteiger partial charge in [0.05, 0.1) is 32.9 Å². The molecule has 0 unspecified atom stereocenters. The van der Waals surface area contributed by atoms with Gasteiger partial charge in [-0.15, -0.1) is 0 Å². The van der Waals surface area contributed by atoms with Crippen LogP contribution in [0.15, 0.2) is 18.3 Å². The van der Waals surface area contributed by atoms with Crippen molar-refractivity contribution in [2.75, 3.05) is 17.1 Å². The molecule has 4 nitrogen and oxygen atoms in total. The lowest BCUT2D eigenvalue weighted by Crippen LogP contribution is -2.41. The fraction of sp³-hybridized carbons (Fsp3) is 0.455. The Bertz CT molecular complexity index is 443. The number of amides is 1. The molecule has 0 radical (unpaired) electrons. The minimum Gasteiger partial charge on any atom is -0.381 e. The van der Waals surface area contributed by atoms with Gasteiger partial charge in [0.1, 0.15) is 0 Å². The molecule has 0 bridgehead atoms. The number of rotatable bonds is 0. The lowest BCUT2D eigenvalue weighted by atomic mass is 9.78. The summed E-state index contributed by atoms with van der Waals surface area (Å²) in [7, 11) is 0. The number of nitrogens with zero attached hydrogens (tertiary/aromatic N) is 2. The van der Waals surface area contributed by atoms with Gasteiger partial charge in [0.25, 0.3) is 0 Å². The van der Waals surface area contributed by atoms with Crippen molar-refractivity contribution >= 4 is 27.7 Å². The molecule has 1 fully saturated rings. The Morgan fingerprint density at radius 3 is 2.94 bits per heavy atom. The highest BCUT2D eigenvalue weighted by Gasteiger charge is 2.52. The first kappa shape index (κ1) is 10.2. The van der Waals surface area contributed by atoms with Gasteiger partial charge in [-0.2, -0.15) is 0 Å². The van der Waals surface area contributed by atoms with Crippen LogP contribution >= 0.6 is 16.1 Å². The molecule has 1 aromatic heterocycles. The predicted octanol–water partition coefficient (Wildman–Crippen LogP) is 1.79. The van der Waals surface area contributed by atoms with E-state index >= 15 is 0 Å². The molecule has 0 aliphatic carbocycles. The molecule has 3 rings (SSSR count). The van der Waals surface area contributed by atoms with Crippen molar-refractivity contribution in [1.29, 1.82) is 0 Å². The van der Waals surface area contributed by atoms with Crippen molar-refractivity contribution in [2.24, 2.45) is 0 Å². The quantitative estimate of drug-likeness (QED) is 0.682. The van der Waals surface area contributed by atoms with Crippen molar-refractivity contribution in [2.45, 2.75) is 18.3 Å². The number of anilines is 1. The largest absolute Gasteiger partial charge is 0.381 e. The summed E-state index contributed by atoms with van der Waals surface area (Å²) in [5.41, 5.74) is 1.30. The first-order valence-electron chi connectivity index (χ1n) is 5.29. The minimum atomic E-state index is -0.460. The van der Waals surface area contributed by atoms with Gasteiger partial charge in [0.15, 0.2) is 0 Å². The van der Waals surface area contributed by atoms with E-state index in [1.54, 1.807) is 10.1 Å². The Labute approximate surface area is 102 Å². The van der Waals surface area contributed by atoms with Gasteiger partial charge in [0, 0.05) is 19.4 Å². The van der Waals surface area contributed by atoms with Crippen molar-refractivity contribution in [3.8, 4) is 0 Å². The minimum absolute atomic E-state index is 0.0875. The molecule has 2 aliphatic rings. The van der Waals surface area contributed by atoms with Gasteiger partial charge in [-0.05, 0) is 25.0 Å². The van der Waals surface area contributed by atoms with E-state index in [-0.39, 0.29) is 5.91 Å². The number of fused-ring (bicyclic) bond motifs is 2. The molecule has 0 N–H and O–H groups in total. The van der Waals surface area contributed by atoms with E-state index in [1.807, 2.05) is 12.1 Å². The average Bonchev–Trinajstić information content (AvgIpc) is 2.55. The highest BCUT2D eigenvalue weighted by Crippen LogP contribution is 2.47. The monoisotopic (exact) mass is 282 g/mol. The zero-order chi connectivity index (χ0) is 11.2. The summed E-state index contributed by atoms with van der Waals surface area (Å²) in [6.07, 6.45) is 3.19. The van der Waals surface area contributed by atoms with E-state index in [9.17, 15) is 4.79 Å². The number of pyridine rings is 1. The molecule has 1 amide bonds. The average molecular weight is 283 g/mol. The van der Waals surface area contributed by atoms with Crippen molar-refractivity contribution in [3.63, 3.8) is 0 Å². The topological polar surface area (TPSA) is 42.4 Å². The number of ether oxygens (including phenoxy) is 1. The molecule has 3 heterocycles. The van der Waals surface area contributed by atoms with Crippen LogP contribution in [-0.2, 0) is 14.9 Å². The number of carbonyl (C=O) groups excluding carboxylic acids is 1. The van der Waals surface area contributed by atoms with E-state index in [2.05, 4.69) is 21.1 Å². The summed E-state index contributed by atoms with van der Waals surface area (Å²) in [6, 6.07) is 3.76. The van der Waals surface area contributed by atoms with E-state index < -0.39 is 5.41 Å². The summed E-state index contributed by atoms with van der Waals surface area (Å²) in [5.74, 6) is 0.0875. The standard InChI is InChI=1S/C11H11BrN2O2/c12-14-8-2-1-5-13-9(8)11(10(14)15)3-6-16-7-4-11/h1-2,5H,3-4,6-7H2. The van der Waals surface area contributed by atoms with Crippen LogP contribution < -0.4 is 3.93 Å². The van der Waals surface area contributed by atoms with Crippen LogP contribution in [0.2, 0.25) is 0 Å². The predicted molar refractivity (Wildman–Crippen MR) is 62.4 cm³/mol. The molecular weight excluding hydrogens is 272 g/mol. The molecule has 0 atom stereocenters. The second-order valence-corrected chi connectivity index (χ2v) is 4.86. The fourth-order valence-corrected chi connectivity index (χ4v) is 3.12. The molecule has 1 aromatic rings. The zero-order valence-electron chi connectivity index (χ0n) is 8.65. The van der Waals surface area contributed by atoms with Gasteiger partial charge >= 0.3 is 0 Å². The van der Waals surface area contributed by atoms with Crippen molar-refractivity contribution in [1.82, 2.24) is 4.98 Å². The summed E-state index contributed by atoms with van der Waals surface area (Å²) in [4.78, 5) is 16.7. The van der Waals surface area contributed by atoms with Gasteiger partial charge in [-0.1, -0.05) is 0 Å². The molecule has 2 aliphatic heterocycles. The maximum absolute atomic E-state index is 12.3. The van der Waals surface area contributed by atoms with Gasteiger partial charge < -0.3 is 4.74 Å². The second-order valence-electron chi connectivity index (χ2n) is 4.15. The summed E-state index contributed by atoms with van der Waals surface area (Å²) < 4.78 is 6.88.